The molecule has 0 bridgehead atoms. The van der Waals surface area contributed by atoms with Crippen LogP contribution < -0.4 is 5.73 Å². The fourth-order valence-corrected chi connectivity index (χ4v) is 3.17. The van der Waals surface area contributed by atoms with E-state index in [2.05, 4.69) is 19.1 Å². The van der Waals surface area contributed by atoms with Gasteiger partial charge in [-0.2, -0.15) is 8.42 Å². The average Bonchev–Trinajstić information content (AvgIpc) is 2.50. The molecule has 1 saturated carbocycles. The Labute approximate surface area is 140 Å². The second-order valence-electron chi connectivity index (χ2n) is 6.22. The summed E-state index contributed by atoms with van der Waals surface area (Å²) in [6, 6.07) is 6.49. The fraction of sp³-hybridized carbons (Fsp3) is 0.556. The van der Waals surface area contributed by atoms with Gasteiger partial charge in [0.15, 0.2) is 0 Å². The summed E-state index contributed by atoms with van der Waals surface area (Å²) in [5, 5.41) is 0. The van der Waals surface area contributed by atoms with Gasteiger partial charge in [-0.1, -0.05) is 29.8 Å². The average molecular weight is 340 g/mol. The normalized spacial score (nSPS) is 21.7. The molecule has 0 saturated heterocycles. The van der Waals surface area contributed by atoms with Gasteiger partial charge in [-0.05, 0) is 70.4 Å². The Hall–Kier alpha value is -1.17. The van der Waals surface area contributed by atoms with Gasteiger partial charge in [0.25, 0.3) is 10.1 Å². The van der Waals surface area contributed by atoms with E-state index in [1.165, 1.54) is 50.7 Å². The van der Waals surface area contributed by atoms with E-state index in [4.69, 9.17) is 10.3 Å². The van der Waals surface area contributed by atoms with Crippen LogP contribution in [0, 0.1) is 12.8 Å². The number of benzene rings is 1. The Balaban J connectivity index is 0.000000231. The molecule has 2 rings (SSSR count). The highest BCUT2D eigenvalue weighted by atomic mass is 32.2. The minimum absolute atomic E-state index is 0.0666. The first-order valence-corrected chi connectivity index (χ1v) is 9.67. The predicted octanol–water partition coefficient (Wildman–Crippen LogP) is 4.10. The summed E-state index contributed by atoms with van der Waals surface area (Å²) >= 11 is 0. The Morgan fingerprint density at radius 1 is 1.17 bits per heavy atom. The molecule has 3 N–H and O–H groups in total. The zero-order chi connectivity index (χ0) is 17.3. The first-order valence-electron chi connectivity index (χ1n) is 8.23. The van der Waals surface area contributed by atoms with Gasteiger partial charge in [0.1, 0.15) is 0 Å². The Morgan fingerprint density at radius 3 is 2.22 bits per heavy atom. The van der Waals surface area contributed by atoms with Gasteiger partial charge in [-0.3, -0.25) is 4.55 Å². The molecule has 4 nitrogen and oxygen atoms in total. The molecule has 1 aliphatic rings. The number of rotatable bonds is 4. The van der Waals surface area contributed by atoms with E-state index in [1.54, 1.807) is 12.1 Å². The molecule has 1 aromatic carbocycles. The Kier molecular flexibility index (Phi) is 8.52. The van der Waals surface area contributed by atoms with Crippen LogP contribution in [-0.2, 0) is 10.1 Å². The molecule has 23 heavy (non-hydrogen) atoms. The van der Waals surface area contributed by atoms with Gasteiger partial charge in [0.05, 0.1) is 4.90 Å². The van der Waals surface area contributed by atoms with Crippen LogP contribution in [0.1, 0.15) is 51.0 Å². The largest absolute Gasteiger partial charge is 0.328 e. The standard InChI is InChI=1S/C11H21N.C7H8O3S/c1-2-3-4-5-10-6-8-11(12)9-7-10;1-6-2-4-7(5-3-6)11(8,9)10/h2-3,10-11H,4-9,12H2,1H3;2-5H,1H3,(H,8,9,10)/b3-2+;. The molecule has 0 spiro atoms. The van der Waals surface area contributed by atoms with E-state index in [0.29, 0.717) is 6.04 Å². The maximum Gasteiger partial charge on any atom is 0.294 e. The summed E-state index contributed by atoms with van der Waals surface area (Å²) in [5.41, 5.74) is 6.79. The quantitative estimate of drug-likeness (QED) is 0.639. The van der Waals surface area contributed by atoms with Gasteiger partial charge >= 0.3 is 0 Å². The Morgan fingerprint density at radius 2 is 1.74 bits per heavy atom. The van der Waals surface area contributed by atoms with Crippen LogP contribution in [0.5, 0.6) is 0 Å². The molecule has 0 aromatic heterocycles. The summed E-state index contributed by atoms with van der Waals surface area (Å²) in [6.45, 7) is 3.94. The van der Waals surface area contributed by atoms with E-state index < -0.39 is 10.1 Å². The summed E-state index contributed by atoms with van der Waals surface area (Å²) in [7, 11) is -4.02. The SMILES string of the molecule is C/C=C/CCC1CCC(N)CC1.Cc1ccc(S(=O)(=O)O)cc1. The molecule has 1 fully saturated rings. The van der Waals surface area contributed by atoms with Crippen molar-refractivity contribution in [1.82, 2.24) is 0 Å². The molecule has 1 aliphatic carbocycles. The molecule has 0 heterocycles. The topological polar surface area (TPSA) is 80.4 Å². The minimum Gasteiger partial charge on any atom is -0.328 e. The highest BCUT2D eigenvalue weighted by Gasteiger charge is 2.17. The second-order valence-corrected chi connectivity index (χ2v) is 7.64. The third kappa shape index (κ3) is 8.30. The maximum absolute atomic E-state index is 10.5. The van der Waals surface area contributed by atoms with Gasteiger partial charge in [-0.25, -0.2) is 0 Å². The Bertz CT molecular complexity index is 571. The zero-order valence-electron chi connectivity index (χ0n) is 14.1. The molecular formula is C18H29NO3S. The van der Waals surface area contributed by atoms with E-state index in [0.717, 1.165) is 11.5 Å². The van der Waals surface area contributed by atoms with Crippen molar-refractivity contribution >= 4 is 10.1 Å². The third-order valence-corrected chi connectivity index (χ3v) is 5.06. The summed E-state index contributed by atoms with van der Waals surface area (Å²) in [5.74, 6) is 0.959. The number of aryl methyl sites for hydroxylation is 1. The molecule has 0 radical (unpaired) electrons. The van der Waals surface area contributed by atoms with E-state index >= 15 is 0 Å². The molecule has 1 aromatic rings. The van der Waals surface area contributed by atoms with Crippen molar-refractivity contribution in [2.24, 2.45) is 11.7 Å². The number of allylic oxidation sites excluding steroid dienone is 2. The number of hydrogen-bond donors (Lipinski definition) is 2. The molecule has 5 heteroatoms. The van der Waals surface area contributed by atoms with Crippen molar-refractivity contribution in [3.63, 3.8) is 0 Å². The first kappa shape index (κ1) is 19.9. The lowest BCUT2D eigenvalue weighted by Crippen LogP contribution is -2.26. The lowest BCUT2D eigenvalue weighted by molar-refractivity contribution is 0.312. The smallest absolute Gasteiger partial charge is 0.294 e. The van der Waals surface area contributed by atoms with Gasteiger partial charge in [-0.15, -0.1) is 0 Å². The third-order valence-electron chi connectivity index (χ3n) is 4.19. The van der Waals surface area contributed by atoms with E-state index in [-0.39, 0.29) is 4.90 Å². The molecule has 0 unspecified atom stereocenters. The summed E-state index contributed by atoms with van der Waals surface area (Å²) in [6.07, 6.45) is 12.3. The van der Waals surface area contributed by atoms with Crippen molar-refractivity contribution in [3.8, 4) is 0 Å². The minimum atomic E-state index is -4.02. The monoisotopic (exact) mass is 339 g/mol. The van der Waals surface area contributed by atoms with E-state index in [1.807, 2.05) is 6.92 Å². The van der Waals surface area contributed by atoms with Crippen LogP contribution in [0.2, 0.25) is 0 Å². The van der Waals surface area contributed by atoms with Crippen LogP contribution in [0.25, 0.3) is 0 Å². The van der Waals surface area contributed by atoms with Crippen molar-refractivity contribution < 1.29 is 13.0 Å². The van der Waals surface area contributed by atoms with Gasteiger partial charge < -0.3 is 5.73 Å². The summed E-state index contributed by atoms with van der Waals surface area (Å²) < 4.78 is 29.6. The van der Waals surface area contributed by atoms with Crippen LogP contribution >= 0.6 is 0 Å². The fourth-order valence-electron chi connectivity index (χ4n) is 2.69. The van der Waals surface area contributed by atoms with E-state index in [9.17, 15) is 8.42 Å². The lowest BCUT2D eigenvalue weighted by Gasteiger charge is -2.25. The maximum atomic E-state index is 10.5. The van der Waals surface area contributed by atoms with Crippen LogP contribution in [0.3, 0.4) is 0 Å². The van der Waals surface area contributed by atoms with Crippen molar-refractivity contribution in [3.05, 3.63) is 42.0 Å². The molecular weight excluding hydrogens is 310 g/mol. The first-order chi connectivity index (χ1) is 10.8. The van der Waals surface area contributed by atoms with Crippen molar-refractivity contribution in [2.45, 2.75) is 63.3 Å². The predicted molar refractivity (Wildman–Crippen MR) is 95.0 cm³/mol. The van der Waals surface area contributed by atoms with Crippen LogP contribution in [0.15, 0.2) is 41.3 Å². The summed E-state index contributed by atoms with van der Waals surface area (Å²) in [4.78, 5) is -0.0666. The van der Waals surface area contributed by atoms with Gasteiger partial charge in [0.2, 0.25) is 0 Å². The highest BCUT2D eigenvalue weighted by molar-refractivity contribution is 7.85. The van der Waals surface area contributed by atoms with Crippen molar-refractivity contribution in [2.75, 3.05) is 0 Å². The van der Waals surface area contributed by atoms with Crippen LogP contribution in [-0.4, -0.2) is 19.0 Å². The number of nitrogens with two attached hydrogens (primary N) is 1. The molecule has 0 atom stereocenters. The molecule has 0 aliphatic heterocycles. The number of hydrogen-bond acceptors (Lipinski definition) is 3. The lowest BCUT2D eigenvalue weighted by atomic mass is 9.84. The molecule has 0 amide bonds. The highest BCUT2D eigenvalue weighted by Crippen LogP contribution is 2.26. The van der Waals surface area contributed by atoms with Crippen molar-refractivity contribution in [1.29, 1.82) is 0 Å². The molecule has 130 valence electrons. The van der Waals surface area contributed by atoms with Gasteiger partial charge in [0, 0.05) is 6.04 Å². The second kappa shape index (κ2) is 9.85. The van der Waals surface area contributed by atoms with Crippen LogP contribution in [0.4, 0.5) is 0 Å². The zero-order valence-corrected chi connectivity index (χ0v) is 14.9.